The molecule has 1 aromatic heterocycles. The lowest BCUT2D eigenvalue weighted by Gasteiger charge is -2.15. The van der Waals surface area contributed by atoms with Crippen molar-refractivity contribution in [1.82, 2.24) is 9.55 Å². The second kappa shape index (κ2) is 7.08. The summed E-state index contributed by atoms with van der Waals surface area (Å²) in [7, 11) is 0. The van der Waals surface area contributed by atoms with Gasteiger partial charge in [-0.2, -0.15) is 0 Å². The van der Waals surface area contributed by atoms with Crippen molar-refractivity contribution >= 4 is 17.3 Å². The fourth-order valence-corrected chi connectivity index (χ4v) is 3.19. The summed E-state index contributed by atoms with van der Waals surface area (Å²) in [6, 6.07) is 21.9. The highest BCUT2D eigenvalue weighted by Gasteiger charge is 2.10. The predicted molar refractivity (Wildman–Crippen MR) is 108 cm³/mol. The topological polar surface area (TPSA) is 44.1 Å². The Morgan fingerprint density at radius 3 is 2.67 bits per heavy atom. The molecule has 1 heterocycles. The van der Waals surface area contributed by atoms with Crippen molar-refractivity contribution in [3.05, 3.63) is 78.6 Å². The van der Waals surface area contributed by atoms with E-state index in [2.05, 4.69) is 23.2 Å². The average molecular weight is 356 g/mol. The molecule has 0 aliphatic heterocycles. The number of para-hydroxylation sites is 1. The molecule has 134 valence electrons. The fraction of sp³-hybridized carbons (Fsp3) is 0.130. The van der Waals surface area contributed by atoms with Crippen molar-refractivity contribution in [1.29, 1.82) is 0 Å². The van der Waals surface area contributed by atoms with Gasteiger partial charge in [0.05, 0.1) is 17.1 Å². The van der Waals surface area contributed by atoms with E-state index in [1.165, 1.54) is 0 Å². The number of fused-ring (bicyclic) bond motifs is 1. The highest BCUT2D eigenvalue weighted by atomic mass is 16.5. The zero-order chi connectivity index (χ0) is 18.8. The molecule has 0 amide bonds. The number of rotatable bonds is 5. The Balaban J connectivity index is 1.79. The highest BCUT2D eigenvalue weighted by molar-refractivity contribution is 5.86. The normalized spacial score (nSPS) is 11.1. The van der Waals surface area contributed by atoms with Crippen LogP contribution in [0.3, 0.4) is 0 Å². The summed E-state index contributed by atoms with van der Waals surface area (Å²) in [5.41, 5.74) is 5.53. The first kappa shape index (κ1) is 17.0. The molecular formula is C23H20N2O2. The summed E-state index contributed by atoms with van der Waals surface area (Å²) in [4.78, 5) is 15.4. The van der Waals surface area contributed by atoms with E-state index in [9.17, 15) is 4.79 Å². The second-order valence-electron chi connectivity index (χ2n) is 6.69. The molecule has 0 fully saturated rings. The van der Waals surface area contributed by atoms with E-state index in [1.807, 2.05) is 60.9 Å². The van der Waals surface area contributed by atoms with E-state index in [0.29, 0.717) is 5.56 Å². The molecule has 4 rings (SSSR count). The van der Waals surface area contributed by atoms with Gasteiger partial charge in [0.2, 0.25) is 0 Å². The summed E-state index contributed by atoms with van der Waals surface area (Å²) < 4.78 is 8.00. The summed E-state index contributed by atoms with van der Waals surface area (Å²) in [5, 5.41) is 0. The number of hydrogen-bond donors (Lipinski definition) is 0. The molecule has 4 aromatic rings. The van der Waals surface area contributed by atoms with Crippen LogP contribution in [0, 0.1) is 0 Å². The zero-order valence-corrected chi connectivity index (χ0v) is 15.3. The highest BCUT2D eigenvalue weighted by Crippen LogP contribution is 2.32. The van der Waals surface area contributed by atoms with Gasteiger partial charge in [-0.25, -0.2) is 4.98 Å². The lowest BCUT2D eigenvalue weighted by atomic mass is 10.0. The molecular weight excluding hydrogens is 336 g/mol. The van der Waals surface area contributed by atoms with Crippen molar-refractivity contribution in [2.24, 2.45) is 0 Å². The molecule has 0 radical (unpaired) electrons. The maximum atomic E-state index is 11.0. The minimum Gasteiger partial charge on any atom is -0.490 e. The minimum atomic E-state index is 0.110. The van der Waals surface area contributed by atoms with Gasteiger partial charge >= 0.3 is 0 Å². The van der Waals surface area contributed by atoms with Gasteiger partial charge in [-0.05, 0) is 55.8 Å². The number of imidazole rings is 1. The van der Waals surface area contributed by atoms with E-state index in [0.717, 1.165) is 39.9 Å². The summed E-state index contributed by atoms with van der Waals surface area (Å²) in [5.74, 6) is 0.871. The number of carbonyl (C=O) groups is 1. The summed E-state index contributed by atoms with van der Waals surface area (Å²) in [6.07, 6.45) is 2.73. The van der Waals surface area contributed by atoms with Crippen LogP contribution in [0.2, 0.25) is 0 Å². The minimum absolute atomic E-state index is 0.110. The number of aldehydes is 1. The van der Waals surface area contributed by atoms with Crippen molar-refractivity contribution < 1.29 is 9.53 Å². The van der Waals surface area contributed by atoms with Gasteiger partial charge in [0.1, 0.15) is 18.4 Å². The quantitative estimate of drug-likeness (QED) is 0.456. The Bertz CT molecular complexity index is 1110. The van der Waals surface area contributed by atoms with Crippen LogP contribution in [0.1, 0.15) is 24.2 Å². The van der Waals surface area contributed by atoms with Gasteiger partial charge in [-0.15, -0.1) is 0 Å². The van der Waals surface area contributed by atoms with E-state index >= 15 is 0 Å². The van der Waals surface area contributed by atoms with Crippen LogP contribution in [0.25, 0.3) is 27.8 Å². The molecule has 0 saturated carbocycles. The van der Waals surface area contributed by atoms with Gasteiger partial charge < -0.3 is 4.74 Å². The molecule has 0 saturated heterocycles. The Morgan fingerprint density at radius 1 is 1.00 bits per heavy atom. The van der Waals surface area contributed by atoms with Crippen molar-refractivity contribution in [3.63, 3.8) is 0 Å². The Morgan fingerprint density at radius 2 is 1.85 bits per heavy atom. The monoisotopic (exact) mass is 356 g/mol. The molecule has 0 aliphatic carbocycles. The number of aromatic nitrogens is 2. The molecule has 0 atom stereocenters. The lowest BCUT2D eigenvalue weighted by Crippen LogP contribution is -2.06. The van der Waals surface area contributed by atoms with E-state index in [4.69, 9.17) is 4.74 Å². The molecule has 27 heavy (non-hydrogen) atoms. The first-order chi connectivity index (χ1) is 13.2. The molecule has 4 heteroatoms. The predicted octanol–water partition coefficient (Wildman–Crippen LogP) is 5.29. The molecule has 0 spiro atoms. The SMILES string of the molecule is CC(C)Oc1ccccc1-c1cccc(-n2cnc3cc(C=O)ccc32)c1. The van der Waals surface area contributed by atoms with Crippen LogP contribution in [-0.4, -0.2) is 21.9 Å². The van der Waals surface area contributed by atoms with E-state index in [-0.39, 0.29) is 6.10 Å². The number of carbonyl (C=O) groups excluding carboxylic acids is 1. The third-order valence-corrected chi connectivity index (χ3v) is 4.39. The maximum Gasteiger partial charge on any atom is 0.150 e. The molecule has 0 bridgehead atoms. The lowest BCUT2D eigenvalue weighted by molar-refractivity contribution is 0.112. The van der Waals surface area contributed by atoms with Gasteiger partial charge in [-0.1, -0.05) is 30.3 Å². The van der Waals surface area contributed by atoms with E-state index in [1.54, 1.807) is 12.4 Å². The van der Waals surface area contributed by atoms with Crippen LogP contribution in [0.4, 0.5) is 0 Å². The molecule has 0 N–H and O–H groups in total. The second-order valence-corrected chi connectivity index (χ2v) is 6.69. The summed E-state index contributed by atoms with van der Waals surface area (Å²) in [6.45, 7) is 4.05. The third-order valence-electron chi connectivity index (χ3n) is 4.39. The Labute approximate surface area is 158 Å². The van der Waals surface area contributed by atoms with Crippen LogP contribution in [-0.2, 0) is 0 Å². The fourth-order valence-electron chi connectivity index (χ4n) is 3.19. The molecule has 4 nitrogen and oxygen atoms in total. The van der Waals surface area contributed by atoms with Gasteiger partial charge in [0.15, 0.2) is 0 Å². The van der Waals surface area contributed by atoms with Crippen molar-refractivity contribution in [3.8, 4) is 22.6 Å². The van der Waals surface area contributed by atoms with E-state index < -0.39 is 0 Å². The zero-order valence-electron chi connectivity index (χ0n) is 15.3. The molecule has 0 unspecified atom stereocenters. The standard InChI is InChI=1S/C23H20N2O2/c1-16(2)27-23-9-4-3-8-20(23)18-6-5-7-19(13-18)25-15-24-21-12-17(14-26)10-11-22(21)25/h3-16H,1-2H3. The van der Waals surface area contributed by atoms with Gasteiger partial charge in [0.25, 0.3) is 0 Å². The van der Waals surface area contributed by atoms with Crippen LogP contribution in [0.15, 0.2) is 73.1 Å². The van der Waals surface area contributed by atoms with Crippen molar-refractivity contribution in [2.45, 2.75) is 20.0 Å². The number of benzene rings is 3. The van der Waals surface area contributed by atoms with Crippen LogP contribution in [0.5, 0.6) is 5.75 Å². The first-order valence-electron chi connectivity index (χ1n) is 8.94. The Hall–Kier alpha value is -3.40. The van der Waals surface area contributed by atoms with Crippen LogP contribution < -0.4 is 4.74 Å². The van der Waals surface area contributed by atoms with Gasteiger partial charge in [0, 0.05) is 16.8 Å². The number of hydrogen-bond acceptors (Lipinski definition) is 3. The Kier molecular flexibility index (Phi) is 4.47. The summed E-state index contributed by atoms with van der Waals surface area (Å²) >= 11 is 0. The molecule has 0 aliphatic rings. The van der Waals surface area contributed by atoms with Crippen LogP contribution >= 0.6 is 0 Å². The average Bonchev–Trinajstić information content (AvgIpc) is 3.11. The molecule has 3 aromatic carbocycles. The largest absolute Gasteiger partial charge is 0.490 e. The number of ether oxygens (including phenoxy) is 1. The smallest absolute Gasteiger partial charge is 0.150 e. The maximum absolute atomic E-state index is 11.0. The van der Waals surface area contributed by atoms with Crippen molar-refractivity contribution in [2.75, 3.05) is 0 Å². The number of nitrogens with zero attached hydrogens (tertiary/aromatic N) is 2. The van der Waals surface area contributed by atoms with Gasteiger partial charge in [-0.3, -0.25) is 9.36 Å². The first-order valence-corrected chi connectivity index (χ1v) is 8.94. The third kappa shape index (κ3) is 3.34.